The quantitative estimate of drug-likeness (QED) is 0.576. The van der Waals surface area contributed by atoms with Crippen LogP contribution in [-0.2, 0) is 0 Å². The van der Waals surface area contributed by atoms with E-state index in [4.69, 9.17) is 4.42 Å². The van der Waals surface area contributed by atoms with Gasteiger partial charge in [-0.05, 0) is 36.8 Å². The number of aryl methyl sites for hydroxylation is 1. The van der Waals surface area contributed by atoms with Crippen LogP contribution < -0.4 is 0 Å². The van der Waals surface area contributed by atoms with Gasteiger partial charge in [0.15, 0.2) is 5.78 Å². The van der Waals surface area contributed by atoms with Crippen molar-refractivity contribution >= 4 is 11.9 Å². The van der Waals surface area contributed by atoms with E-state index in [9.17, 15) is 4.79 Å². The molecule has 0 N–H and O–H groups in total. The van der Waals surface area contributed by atoms with Gasteiger partial charge >= 0.3 is 0 Å². The highest BCUT2D eigenvalue weighted by Crippen LogP contribution is 2.10. The fraction of sp³-hybridized carbons (Fsp3) is 0.0714. The highest BCUT2D eigenvalue weighted by atomic mass is 16.3. The monoisotopic (exact) mass is 212 g/mol. The van der Waals surface area contributed by atoms with Gasteiger partial charge in [-0.3, -0.25) is 4.79 Å². The fourth-order valence-electron chi connectivity index (χ4n) is 1.48. The van der Waals surface area contributed by atoms with Gasteiger partial charge in [0.1, 0.15) is 5.76 Å². The van der Waals surface area contributed by atoms with Crippen molar-refractivity contribution in [2.45, 2.75) is 6.92 Å². The molecule has 0 spiro atoms. The molecule has 0 atom stereocenters. The molecule has 0 saturated carbocycles. The van der Waals surface area contributed by atoms with Gasteiger partial charge in [-0.2, -0.15) is 0 Å². The van der Waals surface area contributed by atoms with Gasteiger partial charge in [0, 0.05) is 5.56 Å². The molecule has 2 nitrogen and oxygen atoms in total. The lowest BCUT2D eigenvalue weighted by atomic mass is 10.0. The maximum atomic E-state index is 11.8. The van der Waals surface area contributed by atoms with Crippen LogP contribution in [-0.4, -0.2) is 5.78 Å². The molecule has 0 fully saturated rings. The van der Waals surface area contributed by atoms with Crippen LogP contribution in [0.2, 0.25) is 0 Å². The van der Waals surface area contributed by atoms with Crippen LogP contribution in [0.4, 0.5) is 0 Å². The molecule has 0 saturated heterocycles. The summed E-state index contributed by atoms with van der Waals surface area (Å²) < 4.78 is 5.11. The first-order chi connectivity index (χ1) is 7.77. The molecule has 2 heteroatoms. The topological polar surface area (TPSA) is 30.2 Å². The van der Waals surface area contributed by atoms with Crippen LogP contribution in [0.3, 0.4) is 0 Å². The molecule has 0 aliphatic rings. The lowest BCUT2D eigenvalue weighted by molar-refractivity contribution is 0.104. The van der Waals surface area contributed by atoms with Crippen molar-refractivity contribution in [2.24, 2.45) is 0 Å². The Morgan fingerprint density at radius 1 is 1.19 bits per heavy atom. The molecule has 0 aliphatic carbocycles. The molecule has 0 aliphatic heterocycles. The van der Waals surface area contributed by atoms with Crippen molar-refractivity contribution in [3.05, 3.63) is 65.6 Å². The molecule has 0 bridgehead atoms. The maximum absolute atomic E-state index is 11.8. The number of ketones is 1. The van der Waals surface area contributed by atoms with Crippen LogP contribution in [0.15, 0.2) is 53.2 Å². The average molecular weight is 212 g/mol. The van der Waals surface area contributed by atoms with Gasteiger partial charge in [0.25, 0.3) is 0 Å². The van der Waals surface area contributed by atoms with Gasteiger partial charge in [0.2, 0.25) is 0 Å². The molecular weight excluding hydrogens is 200 g/mol. The average Bonchev–Trinajstić information content (AvgIpc) is 2.79. The summed E-state index contributed by atoms with van der Waals surface area (Å²) in [6, 6.07) is 11.1. The SMILES string of the molecule is Cc1ccccc1C(=O)/C=C/c1ccco1. The Hall–Kier alpha value is -2.09. The summed E-state index contributed by atoms with van der Waals surface area (Å²) in [4.78, 5) is 11.8. The minimum absolute atomic E-state index is 0.00509. The van der Waals surface area contributed by atoms with E-state index >= 15 is 0 Å². The predicted octanol–water partition coefficient (Wildman–Crippen LogP) is 3.48. The first-order valence-electron chi connectivity index (χ1n) is 5.09. The molecule has 0 unspecified atom stereocenters. The van der Waals surface area contributed by atoms with E-state index in [1.165, 1.54) is 6.08 Å². The molecule has 1 aromatic carbocycles. The Kier molecular flexibility index (Phi) is 3.01. The molecule has 1 heterocycles. The first-order valence-corrected chi connectivity index (χ1v) is 5.09. The van der Waals surface area contributed by atoms with E-state index in [1.54, 1.807) is 18.4 Å². The van der Waals surface area contributed by atoms with E-state index in [2.05, 4.69) is 0 Å². The Labute approximate surface area is 94.2 Å². The third-order valence-corrected chi connectivity index (χ3v) is 2.35. The summed E-state index contributed by atoms with van der Waals surface area (Å²) in [5, 5.41) is 0. The summed E-state index contributed by atoms with van der Waals surface area (Å²) in [7, 11) is 0. The zero-order chi connectivity index (χ0) is 11.4. The maximum Gasteiger partial charge on any atom is 0.186 e. The van der Waals surface area contributed by atoms with Crippen LogP contribution in [0.25, 0.3) is 6.08 Å². The van der Waals surface area contributed by atoms with E-state index in [0.717, 1.165) is 11.1 Å². The molecule has 0 amide bonds. The smallest absolute Gasteiger partial charge is 0.186 e. The minimum atomic E-state index is -0.00509. The third kappa shape index (κ3) is 2.28. The van der Waals surface area contributed by atoms with Crippen LogP contribution in [0.5, 0.6) is 0 Å². The molecule has 1 aromatic heterocycles. The number of hydrogen-bond donors (Lipinski definition) is 0. The van der Waals surface area contributed by atoms with Crippen LogP contribution in [0.1, 0.15) is 21.7 Å². The number of benzene rings is 1. The zero-order valence-electron chi connectivity index (χ0n) is 9.01. The third-order valence-electron chi connectivity index (χ3n) is 2.35. The lowest BCUT2D eigenvalue weighted by Gasteiger charge is -1.99. The Morgan fingerprint density at radius 2 is 2.00 bits per heavy atom. The molecule has 80 valence electrons. The number of rotatable bonds is 3. The molecule has 0 radical (unpaired) electrons. The standard InChI is InChI=1S/C14H12O2/c1-11-5-2-3-7-13(11)14(15)9-8-12-6-4-10-16-12/h2-10H,1H3/b9-8+. The Bertz CT molecular complexity index is 507. The predicted molar refractivity (Wildman–Crippen MR) is 63.3 cm³/mol. The van der Waals surface area contributed by atoms with Crippen molar-refractivity contribution in [1.29, 1.82) is 0 Å². The van der Waals surface area contributed by atoms with Crippen LogP contribution >= 0.6 is 0 Å². The summed E-state index contributed by atoms with van der Waals surface area (Å²) in [5.74, 6) is 0.677. The Morgan fingerprint density at radius 3 is 2.69 bits per heavy atom. The Balaban J connectivity index is 2.18. The molecule has 2 aromatic rings. The second kappa shape index (κ2) is 4.62. The van der Waals surface area contributed by atoms with Crippen molar-refractivity contribution in [3.63, 3.8) is 0 Å². The van der Waals surface area contributed by atoms with Crippen molar-refractivity contribution in [3.8, 4) is 0 Å². The van der Waals surface area contributed by atoms with E-state index in [1.807, 2.05) is 37.3 Å². The van der Waals surface area contributed by atoms with Crippen LogP contribution in [0, 0.1) is 6.92 Å². The van der Waals surface area contributed by atoms with Crippen molar-refractivity contribution in [1.82, 2.24) is 0 Å². The molecule has 16 heavy (non-hydrogen) atoms. The second-order valence-electron chi connectivity index (χ2n) is 3.53. The second-order valence-corrected chi connectivity index (χ2v) is 3.53. The van der Waals surface area contributed by atoms with Crippen molar-refractivity contribution < 1.29 is 9.21 Å². The van der Waals surface area contributed by atoms with Gasteiger partial charge < -0.3 is 4.42 Å². The highest BCUT2D eigenvalue weighted by Gasteiger charge is 2.04. The summed E-state index contributed by atoms with van der Waals surface area (Å²) in [6.45, 7) is 1.92. The number of carbonyl (C=O) groups excluding carboxylic acids is 1. The van der Waals surface area contributed by atoms with E-state index in [-0.39, 0.29) is 5.78 Å². The van der Waals surface area contributed by atoms with Gasteiger partial charge in [0.05, 0.1) is 6.26 Å². The number of carbonyl (C=O) groups is 1. The first kappa shape index (κ1) is 10.4. The minimum Gasteiger partial charge on any atom is -0.465 e. The largest absolute Gasteiger partial charge is 0.465 e. The fourth-order valence-corrected chi connectivity index (χ4v) is 1.48. The molecule has 2 rings (SSSR count). The van der Waals surface area contributed by atoms with Gasteiger partial charge in [-0.25, -0.2) is 0 Å². The van der Waals surface area contributed by atoms with E-state index in [0.29, 0.717) is 5.76 Å². The number of furan rings is 1. The zero-order valence-corrected chi connectivity index (χ0v) is 9.01. The van der Waals surface area contributed by atoms with E-state index < -0.39 is 0 Å². The van der Waals surface area contributed by atoms with Gasteiger partial charge in [-0.15, -0.1) is 0 Å². The highest BCUT2D eigenvalue weighted by molar-refractivity contribution is 6.07. The normalized spacial score (nSPS) is 10.8. The number of allylic oxidation sites excluding steroid dienone is 1. The van der Waals surface area contributed by atoms with Gasteiger partial charge in [-0.1, -0.05) is 24.3 Å². The summed E-state index contributed by atoms with van der Waals surface area (Å²) >= 11 is 0. The van der Waals surface area contributed by atoms with Crippen molar-refractivity contribution in [2.75, 3.05) is 0 Å². The number of hydrogen-bond acceptors (Lipinski definition) is 2. The molecular formula is C14H12O2. The lowest BCUT2D eigenvalue weighted by Crippen LogP contribution is -1.96. The summed E-state index contributed by atoms with van der Waals surface area (Å²) in [5.41, 5.74) is 1.71. The summed E-state index contributed by atoms with van der Waals surface area (Å²) in [6.07, 6.45) is 4.79.